The van der Waals surface area contributed by atoms with Crippen LogP contribution in [-0.4, -0.2) is 0 Å². The van der Waals surface area contributed by atoms with Crippen LogP contribution in [0, 0.1) is 55.1 Å². The van der Waals surface area contributed by atoms with Gasteiger partial charge < -0.3 is 17.7 Å². The fourth-order valence-electron chi connectivity index (χ4n) is 20.7. The van der Waals surface area contributed by atoms with Crippen molar-refractivity contribution in [2.24, 2.45) is 28.2 Å². The van der Waals surface area contributed by atoms with E-state index in [0.29, 0.717) is 121 Å². The maximum atomic E-state index is 8.91. The molecule has 8 nitrogen and oxygen atoms in total. The Kier molecular flexibility index (Phi) is 9.99. The van der Waals surface area contributed by atoms with E-state index in [-0.39, 0.29) is 123 Å². The second-order valence-electron chi connectivity index (χ2n) is 35.5. The van der Waals surface area contributed by atoms with Crippen LogP contribution in [0.25, 0.3) is 177 Å². The second-order valence-corrected chi connectivity index (χ2v) is 35.5. The summed E-state index contributed by atoms with van der Waals surface area (Å²) < 4.78 is 565. The molecule has 0 atom stereocenters. The number of hydrogen-bond acceptors (Lipinski definition) is 4. The predicted octanol–water partition coefficient (Wildman–Crippen LogP) is 32.5. The molecular formula is C128H128N4O4+4. The molecule has 136 heavy (non-hydrogen) atoms. The Bertz CT molecular complexity index is 11000. The zero-order valence-electron chi connectivity index (χ0n) is 139. The van der Waals surface area contributed by atoms with Crippen LogP contribution < -0.4 is 18.3 Å². The molecule has 0 unspecified atom stereocenters. The Hall–Kier alpha value is -13.6. The lowest BCUT2D eigenvalue weighted by Gasteiger charge is -2.22. The molecule has 0 saturated heterocycles. The highest BCUT2D eigenvalue weighted by molar-refractivity contribution is 6.19. The minimum atomic E-state index is -3.49. The van der Waals surface area contributed by atoms with Gasteiger partial charge in [-0.3, -0.25) is 0 Å². The molecule has 12 aromatic carbocycles. The Labute approximate surface area is 891 Å². The van der Waals surface area contributed by atoms with Gasteiger partial charge in [-0.25, -0.2) is 18.3 Å². The van der Waals surface area contributed by atoms with Crippen molar-refractivity contribution in [1.29, 1.82) is 0 Å². The van der Waals surface area contributed by atoms with Crippen LogP contribution in [0.3, 0.4) is 0 Å². The summed E-state index contributed by atoms with van der Waals surface area (Å²) in [4.78, 5) is 0. The molecule has 0 fully saturated rings. The summed E-state index contributed by atoms with van der Waals surface area (Å²) >= 11 is 0. The molecule has 0 N–H and O–H groups in total. The number of aryl methyl sites for hydroxylation is 12. The Balaban J connectivity index is 0.000000147. The van der Waals surface area contributed by atoms with Crippen molar-refractivity contribution in [2.75, 3.05) is 0 Å². The largest absolute Gasteiger partial charge is 0.455 e. The molecule has 4 aliphatic carbocycles. The average molecular weight is 1850 g/mol. The molecule has 4 aliphatic rings. The summed E-state index contributed by atoms with van der Waals surface area (Å²) in [6.45, 7) is -57.0. The Morgan fingerprint density at radius 2 is 0.574 bits per heavy atom. The summed E-state index contributed by atoms with van der Waals surface area (Å²) in [6.07, 6.45) is 4.40. The summed E-state index contributed by atoms with van der Waals surface area (Å²) in [5, 5.41) is 3.32. The molecule has 8 aromatic heterocycles. The molecule has 0 aliphatic heterocycles. The van der Waals surface area contributed by atoms with Crippen molar-refractivity contribution in [2.45, 2.75) is 210 Å². The highest BCUT2D eigenvalue weighted by atomic mass is 16.3. The van der Waals surface area contributed by atoms with Crippen molar-refractivity contribution in [1.82, 2.24) is 0 Å². The van der Waals surface area contributed by atoms with Crippen LogP contribution in [-0.2, 0) is 49.9 Å². The van der Waals surface area contributed by atoms with E-state index in [9.17, 15) is 0 Å². The molecule has 24 rings (SSSR count). The van der Waals surface area contributed by atoms with Gasteiger partial charge in [0.05, 0.1) is 22.3 Å². The standard InChI is InChI=1S/4C32H32NO/c1-18(2)23-15-28(33(7)17-20(23)4)30-19(3)12-13-22-25-14-27-24(16-29(25)34-31(22)30)21-10-8-9-11-26(21)32(27,5)6;1-18(2)23-15-28(33(7)17-20(23)4)30-19(3)12-13-22-25-14-24-21-10-8-9-11-26(21)32(5,6)27(24)16-29(25)34-31(22)30;1-18(2)24-16-26(33(7)17-20(24)4)28-19(3)12-13-23-29-27(34-31(23)28)15-14-22-21-10-8-9-11-25(21)32(5,6)30(22)29;1-18(2)23-16-26(33(7)17-20(23)4)28-19(3)12-13-22-30-27(34-31(22)28)15-14-25-29(30)21-10-8-9-11-24(21)32(25,5)6/h4*8-18H,1-7H3/q4*+1/i4*1D3,2D3,4D3,5D3,6D3,18D. The lowest BCUT2D eigenvalue weighted by molar-refractivity contribution is -0.660. The topological polar surface area (TPSA) is 68.1 Å². The van der Waals surface area contributed by atoms with Gasteiger partial charge in [-0.05, 0) is 249 Å². The lowest BCUT2D eigenvalue weighted by Crippen LogP contribution is -2.32. The van der Waals surface area contributed by atoms with E-state index in [0.717, 1.165) is 49.1 Å². The van der Waals surface area contributed by atoms with Crippen LogP contribution in [0.5, 0.6) is 0 Å². The van der Waals surface area contributed by atoms with Gasteiger partial charge in [-0.1, -0.05) is 267 Å². The molecular weight excluding hydrogens is 1660 g/mol. The molecule has 0 radical (unpaired) electrons. The molecule has 680 valence electrons. The molecule has 0 saturated carbocycles. The normalized spacial score (nSPS) is 23.4. The van der Waals surface area contributed by atoms with E-state index in [2.05, 4.69) is 0 Å². The van der Waals surface area contributed by atoms with E-state index in [1.54, 1.807) is 173 Å². The average Bonchev–Trinajstić information content (AvgIpc) is 1.50. The zero-order chi connectivity index (χ0) is 149. The molecule has 0 spiro atoms. The van der Waals surface area contributed by atoms with Gasteiger partial charge in [0, 0.05) is 199 Å². The van der Waals surface area contributed by atoms with Gasteiger partial charge in [0.1, 0.15) is 72.9 Å². The van der Waals surface area contributed by atoms with Gasteiger partial charge in [-0.15, -0.1) is 0 Å². The minimum Gasteiger partial charge on any atom is -0.455 e. The number of pyridine rings is 4. The molecule has 8 heterocycles. The van der Waals surface area contributed by atoms with E-state index < -0.39 is 227 Å². The van der Waals surface area contributed by atoms with Gasteiger partial charge in [-0.2, -0.15) is 0 Å². The third-order valence-corrected chi connectivity index (χ3v) is 27.3. The summed E-state index contributed by atoms with van der Waals surface area (Å²) in [5.74, 6) is -13.3. The van der Waals surface area contributed by atoms with E-state index in [4.69, 9.17) is 105 Å². The first-order valence-electron chi connectivity index (χ1n) is 75.4. The van der Waals surface area contributed by atoms with Gasteiger partial charge in [0.2, 0.25) is 22.8 Å². The first kappa shape index (κ1) is 42.4. The van der Waals surface area contributed by atoms with Crippen molar-refractivity contribution in [3.05, 3.63) is 354 Å². The van der Waals surface area contributed by atoms with Gasteiger partial charge in [0.25, 0.3) is 0 Å². The van der Waals surface area contributed by atoms with Gasteiger partial charge in [0.15, 0.2) is 24.8 Å². The van der Waals surface area contributed by atoms with Gasteiger partial charge >= 0.3 is 0 Å². The first-order chi connectivity index (χ1) is 90.8. The molecule has 0 amide bonds. The van der Waals surface area contributed by atoms with Crippen LogP contribution in [0.4, 0.5) is 0 Å². The summed E-state index contributed by atoms with van der Waals surface area (Å²) in [5.41, 5.74) is -5.00. The van der Waals surface area contributed by atoms with Crippen LogP contribution >= 0.6 is 0 Å². The minimum absolute atomic E-state index is 0.0440. The summed E-state index contributed by atoms with van der Waals surface area (Å²) in [7, 11) is 5.98. The number of furan rings is 4. The smallest absolute Gasteiger partial charge is 0.216 e. The van der Waals surface area contributed by atoms with E-state index >= 15 is 0 Å². The Morgan fingerprint density at radius 1 is 0.250 bits per heavy atom. The van der Waals surface area contributed by atoms with E-state index in [1.165, 1.54) is 95.0 Å². The van der Waals surface area contributed by atoms with Crippen molar-refractivity contribution < 1.29 is 124 Å². The molecule has 0 bridgehead atoms. The second kappa shape index (κ2) is 32.1. The fourth-order valence-corrected chi connectivity index (χ4v) is 20.7. The quantitative estimate of drug-likeness (QED) is 0.142. The van der Waals surface area contributed by atoms with Crippen molar-refractivity contribution in [3.8, 4) is 89.5 Å². The highest BCUT2D eigenvalue weighted by Gasteiger charge is 2.43. The zero-order valence-corrected chi connectivity index (χ0v) is 74.5. The number of fused-ring (bicyclic) bond motifs is 26. The number of benzene rings is 12. The lowest BCUT2D eigenvalue weighted by atomic mass is 9.80. The maximum Gasteiger partial charge on any atom is 0.216 e. The first-order valence-corrected chi connectivity index (χ1v) is 43.4. The SMILES string of the molecule is [2H]C([2H])([2H])c1c[n+](C)c(-c2c(C)ccc3c2oc2cc4c(cc23)-c2ccccc2C4(C([2H])([2H])[2H])C([2H])([2H])[2H])cc1C([2H])(C([2H])([2H])[2H])C([2H])([2H])[2H].[2H]C([2H])([2H])c1c[n+](C)c(-c2c(C)ccc3c2oc2cc4c(cc23)C(C([2H])([2H])[2H])(C([2H])([2H])[2H])c2ccccc2-4)cc1C([2H])(C([2H])([2H])[2H])C([2H])([2H])[2H].[2H]C([2H])([2H])c1c[n+](C)c(-c2c(C)ccc3c2oc2ccc4c(c23)-c2ccccc2C4(C([2H])([2H])[2H])C([2H])([2H])[2H])cc1C([2H])(C([2H])([2H])[2H])C([2H])([2H])[2H].[2H]C([2H])([2H])c1c[n+](C)c(-c2c(C)ccc3c2oc2ccc4c(c23)C(C([2H])([2H])[2H])(C([2H])([2H])[2H])c2ccccc2-4)cc1C([2H])(C([2H])([2H])[2H])C([2H])([2H])[2H]. The third-order valence-electron chi connectivity index (χ3n) is 27.3. The monoisotopic (exact) mass is 1850 g/mol. The van der Waals surface area contributed by atoms with Crippen LogP contribution in [0.2, 0.25) is 0 Å². The Morgan fingerprint density at radius 3 is 0.993 bits per heavy atom. The molecule has 8 heteroatoms. The van der Waals surface area contributed by atoms with Crippen LogP contribution in [0.1, 0.15) is 332 Å². The predicted molar refractivity (Wildman–Crippen MR) is 566 cm³/mol. The summed E-state index contributed by atoms with van der Waals surface area (Å²) in [6, 6.07) is 56.4. The number of nitrogens with zero attached hydrogens (tertiary/aromatic N) is 4. The highest BCUT2D eigenvalue weighted by Crippen LogP contribution is 2.59. The maximum absolute atomic E-state index is 8.91. The van der Waals surface area contributed by atoms with Crippen molar-refractivity contribution in [3.63, 3.8) is 0 Å². The number of aromatic nitrogens is 4. The third kappa shape index (κ3) is 13.5. The number of rotatable bonds is 8. The van der Waals surface area contributed by atoms with Crippen LogP contribution in [0.15, 0.2) is 261 Å². The van der Waals surface area contributed by atoms with Crippen molar-refractivity contribution >= 4 is 87.8 Å². The fraction of sp³-hybridized carbons (Fsp3) is 0.281. The molecule has 20 aromatic rings. The van der Waals surface area contributed by atoms with E-state index in [1.807, 2.05) is 0 Å². The number of hydrogen-bond donors (Lipinski definition) is 0.